The van der Waals surface area contributed by atoms with E-state index in [-0.39, 0.29) is 39.1 Å². The van der Waals surface area contributed by atoms with E-state index >= 15 is 0 Å². The third-order valence-electron chi connectivity index (χ3n) is 5.89. The van der Waals surface area contributed by atoms with Crippen LogP contribution in [0.25, 0.3) is 0 Å². The summed E-state index contributed by atoms with van der Waals surface area (Å²) in [6, 6.07) is 0. The van der Waals surface area contributed by atoms with Gasteiger partial charge in [0.2, 0.25) is 0 Å². The molecule has 7 heteroatoms. The van der Waals surface area contributed by atoms with Gasteiger partial charge < -0.3 is 33.9 Å². The van der Waals surface area contributed by atoms with E-state index < -0.39 is 12.4 Å². The summed E-state index contributed by atoms with van der Waals surface area (Å²) in [5.74, 6) is 0.914. The van der Waals surface area contributed by atoms with Gasteiger partial charge in [0.1, 0.15) is 0 Å². The molecule has 0 spiro atoms. The van der Waals surface area contributed by atoms with Gasteiger partial charge in [-0.05, 0) is 11.5 Å². The maximum Gasteiger partial charge on any atom is 0.155 e. The first kappa shape index (κ1) is 27.5. The lowest BCUT2D eigenvalue weighted by Gasteiger charge is -2.21. The van der Waals surface area contributed by atoms with Crippen LogP contribution in [-0.4, -0.2) is 82.6 Å². The summed E-state index contributed by atoms with van der Waals surface area (Å²) in [5, 5.41) is 18.8. The van der Waals surface area contributed by atoms with Crippen LogP contribution in [0.1, 0.15) is 34.1 Å². The van der Waals surface area contributed by atoms with Crippen LogP contribution in [0, 0.1) is 17.8 Å². The first-order chi connectivity index (χ1) is 12.5. The maximum absolute atomic E-state index is 9.46. The summed E-state index contributed by atoms with van der Waals surface area (Å²) in [5.41, 5.74) is 0.837. The van der Waals surface area contributed by atoms with Crippen LogP contribution in [0.15, 0.2) is 12.2 Å². The standard InChI is InChI=1S/C10H18O4.C9H16O3.2CH4/c1-12-5-7-6-3-10(11)14-9(6)4-8(7)13-2;1-6-7(5-11-2)9(12-3)4-8(6)10;;/h6-11H,3-5H2,1-2H3;7-10H,1,4-5H2,2-3H3;2*1H4/t6?,7-,8-,9+,10?;7-,8+,9-;;/m00../s1. The average molecular weight is 407 g/mol. The molecule has 8 atom stereocenters. The van der Waals surface area contributed by atoms with Gasteiger partial charge in [0.05, 0.1) is 37.6 Å². The zero-order chi connectivity index (χ0) is 19.3. The van der Waals surface area contributed by atoms with Crippen molar-refractivity contribution in [2.75, 3.05) is 41.7 Å². The SMILES string of the molecule is C.C.C=C1[C@H](O)C[C@H](OC)[C@H]1COC.COC[C@H]1C2CC(O)O[C@@H]2C[C@@H]1OC. The summed E-state index contributed by atoms with van der Waals surface area (Å²) in [6.45, 7) is 5.09. The number of methoxy groups -OCH3 is 4. The van der Waals surface area contributed by atoms with Gasteiger partial charge in [-0.15, -0.1) is 0 Å². The minimum absolute atomic E-state index is 0. The van der Waals surface area contributed by atoms with Gasteiger partial charge in [-0.25, -0.2) is 0 Å². The number of ether oxygens (including phenoxy) is 5. The zero-order valence-corrected chi connectivity index (χ0v) is 16.3. The lowest BCUT2D eigenvalue weighted by Crippen LogP contribution is -2.26. The third kappa shape index (κ3) is 6.23. The second kappa shape index (κ2) is 12.9. The van der Waals surface area contributed by atoms with Gasteiger partial charge in [0.25, 0.3) is 0 Å². The van der Waals surface area contributed by atoms with Crippen LogP contribution < -0.4 is 0 Å². The molecule has 3 rings (SSSR count). The predicted molar refractivity (Wildman–Crippen MR) is 109 cm³/mol. The Morgan fingerprint density at radius 3 is 2.07 bits per heavy atom. The Hall–Kier alpha value is -0.540. The molecule has 2 unspecified atom stereocenters. The van der Waals surface area contributed by atoms with Crippen LogP contribution >= 0.6 is 0 Å². The number of fused-ring (bicyclic) bond motifs is 1. The summed E-state index contributed by atoms with van der Waals surface area (Å²) in [7, 11) is 6.72. The van der Waals surface area contributed by atoms with Crippen LogP contribution in [0.3, 0.4) is 0 Å². The molecule has 1 aliphatic heterocycles. The van der Waals surface area contributed by atoms with Crippen molar-refractivity contribution >= 4 is 0 Å². The molecule has 0 aromatic carbocycles. The molecule has 2 saturated carbocycles. The Kier molecular flexibility index (Phi) is 12.7. The number of rotatable bonds is 6. The number of hydrogen-bond donors (Lipinski definition) is 2. The molecule has 2 N–H and O–H groups in total. The minimum atomic E-state index is -0.581. The molecule has 7 nitrogen and oxygen atoms in total. The fourth-order valence-corrected chi connectivity index (χ4v) is 4.47. The molecule has 0 amide bonds. The van der Waals surface area contributed by atoms with E-state index in [2.05, 4.69) is 6.58 Å². The summed E-state index contributed by atoms with van der Waals surface area (Å²) in [6.07, 6.45) is 1.69. The first-order valence-electron chi connectivity index (χ1n) is 9.20. The first-order valence-corrected chi connectivity index (χ1v) is 9.20. The number of hydrogen-bond acceptors (Lipinski definition) is 7. The Bertz CT molecular complexity index is 444. The van der Waals surface area contributed by atoms with E-state index in [9.17, 15) is 10.2 Å². The number of aliphatic hydroxyl groups is 2. The minimum Gasteiger partial charge on any atom is -0.389 e. The highest BCUT2D eigenvalue weighted by Gasteiger charge is 2.49. The van der Waals surface area contributed by atoms with Gasteiger partial charge in [0, 0.05) is 59.5 Å². The van der Waals surface area contributed by atoms with E-state index in [0.29, 0.717) is 31.5 Å². The van der Waals surface area contributed by atoms with Crippen LogP contribution in [-0.2, 0) is 23.7 Å². The van der Waals surface area contributed by atoms with Gasteiger partial charge >= 0.3 is 0 Å². The molecule has 0 aromatic rings. The monoisotopic (exact) mass is 406 g/mol. The van der Waals surface area contributed by atoms with Crippen LogP contribution in [0.2, 0.25) is 0 Å². The van der Waals surface area contributed by atoms with Gasteiger partial charge in [-0.3, -0.25) is 0 Å². The van der Waals surface area contributed by atoms with Gasteiger partial charge in [-0.1, -0.05) is 21.4 Å². The summed E-state index contributed by atoms with van der Waals surface area (Å²) < 4.78 is 26.2. The summed E-state index contributed by atoms with van der Waals surface area (Å²) in [4.78, 5) is 0. The van der Waals surface area contributed by atoms with Crippen molar-refractivity contribution in [3.63, 3.8) is 0 Å². The molecule has 168 valence electrons. The second-order valence-corrected chi connectivity index (χ2v) is 7.32. The molecule has 0 aromatic heterocycles. The van der Waals surface area contributed by atoms with E-state index in [1.54, 1.807) is 28.4 Å². The third-order valence-corrected chi connectivity index (χ3v) is 5.89. The normalized spacial score (nSPS) is 38.9. The van der Waals surface area contributed by atoms with Crippen molar-refractivity contribution in [3.8, 4) is 0 Å². The molecule has 1 heterocycles. The van der Waals surface area contributed by atoms with Crippen LogP contribution in [0.4, 0.5) is 0 Å². The largest absolute Gasteiger partial charge is 0.389 e. The van der Waals surface area contributed by atoms with Crippen molar-refractivity contribution in [1.82, 2.24) is 0 Å². The lowest BCUT2D eigenvalue weighted by atomic mass is 9.93. The summed E-state index contributed by atoms with van der Waals surface area (Å²) >= 11 is 0. The van der Waals surface area contributed by atoms with E-state index in [0.717, 1.165) is 18.4 Å². The van der Waals surface area contributed by atoms with Crippen molar-refractivity contribution in [2.45, 2.75) is 64.8 Å². The highest BCUT2D eigenvalue weighted by atomic mass is 16.6. The Labute approximate surface area is 171 Å². The van der Waals surface area contributed by atoms with Crippen molar-refractivity contribution in [2.24, 2.45) is 17.8 Å². The van der Waals surface area contributed by atoms with Gasteiger partial charge in [0.15, 0.2) is 6.29 Å². The van der Waals surface area contributed by atoms with E-state index in [4.69, 9.17) is 23.7 Å². The van der Waals surface area contributed by atoms with Crippen molar-refractivity contribution in [3.05, 3.63) is 12.2 Å². The molecule has 3 fully saturated rings. The second-order valence-electron chi connectivity index (χ2n) is 7.32. The highest BCUT2D eigenvalue weighted by molar-refractivity contribution is 5.16. The topological polar surface area (TPSA) is 86.6 Å². The molecule has 0 radical (unpaired) electrons. The molecular formula is C21H42O7. The Morgan fingerprint density at radius 2 is 1.54 bits per heavy atom. The van der Waals surface area contributed by atoms with Crippen molar-refractivity contribution in [1.29, 1.82) is 0 Å². The van der Waals surface area contributed by atoms with E-state index in [1.807, 2.05) is 0 Å². The smallest absolute Gasteiger partial charge is 0.155 e. The lowest BCUT2D eigenvalue weighted by molar-refractivity contribution is -0.0970. The quantitative estimate of drug-likeness (QED) is 0.654. The molecular weight excluding hydrogens is 364 g/mol. The van der Waals surface area contributed by atoms with Crippen LogP contribution in [0.5, 0.6) is 0 Å². The molecule has 0 bridgehead atoms. The number of aliphatic hydroxyl groups excluding tert-OH is 2. The molecule has 3 aliphatic rings. The fourth-order valence-electron chi connectivity index (χ4n) is 4.47. The van der Waals surface area contributed by atoms with Gasteiger partial charge in [-0.2, -0.15) is 0 Å². The zero-order valence-electron chi connectivity index (χ0n) is 16.3. The van der Waals surface area contributed by atoms with E-state index in [1.165, 1.54) is 0 Å². The average Bonchev–Trinajstić information content (AvgIpc) is 3.23. The molecule has 2 aliphatic carbocycles. The van der Waals surface area contributed by atoms with Crippen molar-refractivity contribution < 1.29 is 33.9 Å². The molecule has 1 saturated heterocycles. The predicted octanol–water partition coefficient (Wildman–Crippen LogP) is 2.25. The maximum atomic E-state index is 9.46. The Balaban J connectivity index is 0.000000492. The fraction of sp³-hybridized carbons (Fsp3) is 0.905. The Morgan fingerprint density at radius 1 is 0.929 bits per heavy atom. The highest BCUT2D eigenvalue weighted by Crippen LogP contribution is 2.43. The molecule has 28 heavy (non-hydrogen) atoms.